The van der Waals surface area contributed by atoms with Crippen LogP contribution in [0.5, 0.6) is 0 Å². The van der Waals surface area contributed by atoms with Crippen molar-refractivity contribution < 1.29 is 14.3 Å². The summed E-state index contributed by atoms with van der Waals surface area (Å²) in [5.74, 6) is 1.44. The number of nitrogens with zero attached hydrogens (tertiary/aromatic N) is 3. The lowest BCUT2D eigenvalue weighted by molar-refractivity contribution is 0.0454. The summed E-state index contributed by atoms with van der Waals surface area (Å²) in [5, 5.41) is 12.8. The maximum atomic E-state index is 12.7. The summed E-state index contributed by atoms with van der Waals surface area (Å²) >= 11 is 0. The summed E-state index contributed by atoms with van der Waals surface area (Å²) < 4.78 is 5.47. The minimum Gasteiger partial charge on any atom is -0.441 e. The number of alkyl carbamates (subject to hydrolysis) is 1. The molecule has 2 saturated heterocycles. The number of ether oxygens (including phenoxy) is 1. The minimum atomic E-state index is -0.478. The van der Waals surface area contributed by atoms with E-state index in [4.69, 9.17) is 4.74 Å². The van der Waals surface area contributed by atoms with Gasteiger partial charge >= 0.3 is 12.1 Å². The molecule has 3 amide bonds. The summed E-state index contributed by atoms with van der Waals surface area (Å²) in [6.45, 7) is 3.70. The van der Waals surface area contributed by atoms with Gasteiger partial charge in [-0.3, -0.25) is 5.10 Å². The Labute approximate surface area is 162 Å². The molecule has 3 N–H and O–H groups in total. The summed E-state index contributed by atoms with van der Waals surface area (Å²) in [6, 6.07) is 7.33. The Balaban J connectivity index is 1.41. The molecule has 2 aromatic rings. The standard InChI is InChI=1S/C19H24N6O3/c1-2-15-22-16(24-23-15)13-5-3-6-14(11-13)21-17(26)25-9-4-7-19(8-10-25)12-20-18(27)28-19/h3,5-6,11H,2,4,7-10,12H2,1H3,(H,20,27)(H,21,26)(H,22,23,24)/t19-/m0/s1. The molecule has 0 unspecified atom stereocenters. The molecule has 28 heavy (non-hydrogen) atoms. The van der Waals surface area contributed by atoms with Crippen LogP contribution in [0.4, 0.5) is 15.3 Å². The fourth-order valence-corrected chi connectivity index (χ4v) is 3.67. The van der Waals surface area contributed by atoms with Crippen LogP contribution >= 0.6 is 0 Å². The largest absolute Gasteiger partial charge is 0.441 e. The number of hydrogen-bond donors (Lipinski definition) is 3. The Morgan fingerprint density at radius 2 is 2.25 bits per heavy atom. The van der Waals surface area contributed by atoms with Crippen LogP contribution in [-0.4, -0.2) is 57.4 Å². The summed E-state index contributed by atoms with van der Waals surface area (Å²) in [7, 11) is 0. The molecule has 3 heterocycles. The second-order valence-corrected chi connectivity index (χ2v) is 7.24. The maximum absolute atomic E-state index is 12.7. The SMILES string of the molecule is CCc1nc(-c2cccc(NC(=O)N3CCC[C@]4(CC3)CNC(=O)O4)c2)n[nH]1. The molecule has 1 aromatic carbocycles. The number of amides is 3. The van der Waals surface area contributed by atoms with E-state index in [-0.39, 0.29) is 12.1 Å². The first-order chi connectivity index (χ1) is 13.6. The number of aromatic amines is 1. The van der Waals surface area contributed by atoms with Crippen LogP contribution in [0.1, 0.15) is 32.0 Å². The molecule has 0 bridgehead atoms. The van der Waals surface area contributed by atoms with E-state index in [1.54, 1.807) is 4.90 Å². The van der Waals surface area contributed by atoms with Crippen molar-refractivity contribution in [3.05, 3.63) is 30.1 Å². The van der Waals surface area contributed by atoms with E-state index in [0.717, 1.165) is 30.7 Å². The summed E-state index contributed by atoms with van der Waals surface area (Å²) in [4.78, 5) is 30.4. The Morgan fingerprint density at radius 1 is 1.36 bits per heavy atom. The van der Waals surface area contributed by atoms with Gasteiger partial charge in [0.05, 0.1) is 6.54 Å². The fourth-order valence-electron chi connectivity index (χ4n) is 3.67. The van der Waals surface area contributed by atoms with Gasteiger partial charge < -0.3 is 20.3 Å². The molecular weight excluding hydrogens is 360 g/mol. The van der Waals surface area contributed by atoms with E-state index in [0.29, 0.717) is 37.6 Å². The van der Waals surface area contributed by atoms with Gasteiger partial charge in [0.25, 0.3) is 0 Å². The van der Waals surface area contributed by atoms with E-state index in [1.807, 2.05) is 31.2 Å². The first-order valence-corrected chi connectivity index (χ1v) is 9.61. The molecule has 2 aliphatic heterocycles. The van der Waals surface area contributed by atoms with Crippen molar-refractivity contribution in [3.63, 3.8) is 0 Å². The molecule has 2 fully saturated rings. The maximum Gasteiger partial charge on any atom is 0.407 e. The number of likely N-dealkylation sites (tertiary alicyclic amines) is 1. The number of rotatable bonds is 3. The van der Waals surface area contributed by atoms with Crippen molar-refractivity contribution >= 4 is 17.8 Å². The number of hydrogen-bond acceptors (Lipinski definition) is 5. The molecule has 1 atom stereocenters. The van der Waals surface area contributed by atoms with Crippen molar-refractivity contribution in [1.29, 1.82) is 0 Å². The smallest absolute Gasteiger partial charge is 0.407 e. The number of H-pyrrole nitrogens is 1. The molecule has 0 aliphatic carbocycles. The lowest BCUT2D eigenvalue weighted by atomic mass is 9.95. The normalized spacial score (nSPS) is 21.9. The first-order valence-electron chi connectivity index (χ1n) is 9.61. The van der Waals surface area contributed by atoms with Gasteiger partial charge in [-0.1, -0.05) is 19.1 Å². The summed E-state index contributed by atoms with van der Waals surface area (Å²) in [6.07, 6.45) is 2.60. The van der Waals surface area contributed by atoms with Gasteiger partial charge in [0.1, 0.15) is 11.4 Å². The topological polar surface area (TPSA) is 112 Å². The third-order valence-electron chi connectivity index (χ3n) is 5.29. The Hall–Kier alpha value is -3.10. The van der Waals surface area contributed by atoms with Gasteiger partial charge in [0.15, 0.2) is 5.82 Å². The number of carbonyl (C=O) groups is 2. The van der Waals surface area contributed by atoms with Gasteiger partial charge in [0, 0.05) is 37.2 Å². The van der Waals surface area contributed by atoms with Crippen LogP contribution in [0.25, 0.3) is 11.4 Å². The summed E-state index contributed by atoms with van der Waals surface area (Å²) in [5.41, 5.74) is 1.06. The predicted octanol–water partition coefficient (Wildman–Crippen LogP) is 2.53. The lowest BCUT2D eigenvalue weighted by Gasteiger charge is -2.25. The Bertz CT molecular complexity index is 882. The Kier molecular flexibility index (Phi) is 4.89. The van der Waals surface area contributed by atoms with Crippen molar-refractivity contribution in [2.75, 3.05) is 25.0 Å². The van der Waals surface area contributed by atoms with E-state index in [2.05, 4.69) is 25.8 Å². The van der Waals surface area contributed by atoms with Gasteiger partial charge in [-0.2, -0.15) is 5.10 Å². The van der Waals surface area contributed by atoms with Crippen LogP contribution < -0.4 is 10.6 Å². The molecule has 9 heteroatoms. The highest BCUT2D eigenvalue weighted by Gasteiger charge is 2.41. The number of carbonyl (C=O) groups excluding carboxylic acids is 2. The number of aromatic nitrogens is 3. The third-order valence-corrected chi connectivity index (χ3v) is 5.29. The van der Waals surface area contributed by atoms with Crippen LogP contribution in [0.2, 0.25) is 0 Å². The highest BCUT2D eigenvalue weighted by Crippen LogP contribution is 2.29. The van der Waals surface area contributed by atoms with Crippen molar-refractivity contribution in [2.45, 2.75) is 38.2 Å². The minimum absolute atomic E-state index is 0.157. The molecule has 9 nitrogen and oxygen atoms in total. The molecule has 2 aliphatic rings. The molecule has 148 valence electrons. The van der Waals surface area contributed by atoms with Crippen LogP contribution in [0.15, 0.2) is 24.3 Å². The van der Waals surface area contributed by atoms with Gasteiger partial charge in [-0.15, -0.1) is 0 Å². The molecule has 0 radical (unpaired) electrons. The number of urea groups is 1. The number of anilines is 1. The van der Waals surface area contributed by atoms with E-state index >= 15 is 0 Å². The van der Waals surface area contributed by atoms with E-state index in [1.165, 1.54) is 0 Å². The second kappa shape index (κ2) is 7.49. The van der Waals surface area contributed by atoms with Gasteiger partial charge in [0.2, 0.25) is 0 Å². The van der Waals surface area contributed by atoms with Crippen molar-refractivity contribution in [1.82, 2.24) is 25.4 Å². The highest BCUT2D eigenvalue weighted by atomic mass is 16.6. The van der Waals surface area contributed by atoms with Crippen LogP contribution in [0.3, 0.4) is 0 Å². The quantitative estimate of drug-likeness (QED) is 0.753. The molecule has 1 aromatic heterocycles. The first kappa shape index (κ1) is 18.3. The second-order valence-electron chi connectivity index (χ2n) is 7.24. The molecular formula is C19H24N6O3. The predicted molar refractivity (Wildman–Crippen MR) is 103 cm³/mol. The van der Waals surface area contributed by atoms with Crippen molar-refractivity contribution in [3.8, 4) is 11.4 Å². The third kappa shape index (κ3) is 3.78. The van der Waals surface area contributed by atoms with Gasteiger partial charge in [-0.05, 0) is 25.0 Å². The Morgan fingerprint density at radius 3 is 3.00 bits per heavy atom. The molecule has 1 spiro atoms. The zero-order valence-electron chi connectivity index (χ0n) is 15.8. The number of aryl methyl sites for hydroxylation is 1. The highest BCUT2D eigenvalue weighted by molar-refractivity contribution is 5.90. The van der Waals surface area contributed by atoms with E-state index in [9.17, 15) is 9.59 Å². The molecule has 0 saturated carbocycles. The van der Waals surface area contributed by atoms with Gasteiger partial charge in [-0.25, -0.2) is 14.6 Å². The average molecular weight is 384 g/mol. The molecule has 4 rings (SSSR count). The zero-order valence-corrected chi connectivity index (χ0v) is 15.8. The van der Waals surface area contributed by atoms with Crippen molar-refractivity contribution in [2.24, 2.45) is 0 Å². The zero-order chi connectivity index (χ0) is 19.6. The number of benzene rings is 1. The average Bonchev–Trinajstić information content (AvgIpc) is 3.26. The number of nitrogens with one attached hydrogen (secondary N) is 3. The monoisotopic (exact) mass is 384 g/mol. The fraction of sp³-hybridized carbons (Fsp3) is 0.474. The van der Waals surface area contributed by atoms with Crippen LogP contribution in [0, 0.1) is 0 Å². The van der Waals surface area contributed by atoms with E-state index < -0.39 is 5.60 Å². The van der Waals surface area contributed by atoms with Crippen LogP contribution in [-0.2, 0) is 11.2 Å². The lowest BCUT2D eigenvalue weighted by Crippen LogP contribution is -2.38.